The maximum atomic E-state index is 12.4. The molecule has 2 aliphatic rings. The Morgan fingerprint density at radius 1 is 1.43 bits per heavy atom. The number of ether oxygens (including phenoxy) is 1. The highest BCUT2D eigenvalue weighted by atomic mass is 16.5. The smallest absolute Gasteiger partial charge is 0.317 e. The van der Waals surface area contributed by atoms with Crippen LogP contribution in [0.25, 0.3) is 0 Å². The van der Waals surface area contributed by atoms with Crippen molar-refractivity contribution in [3.8, 4) is 11.8 Å². The molecular formula is C17H21N3O3. The van der Waals surface area contributed by atoms with Gasteiger partial charge in [0.15, 0.2) is 0 Å². The van der Waals surface area contributed by atoms with E-state index in [0.29, 0.717) is 16.9 Å². The number of hydrogen-bond acceptors (Lipinski definition) is 4. The summed E-state index contributed by atoms with van der Waals surface area (Å²) in [6.45, 7) is 5.04. The number of urea groups is 1. The number of likely N-dealkylation sites (tertiary alicyclic amines) is 1. The van der Waals surface area contributed by atoms with Crippen LogP contribution in [0.2, 0.25) is 0 Å². The number of fused-ring (bicyclic) bond motifs is 1. The Hall–Kier alpha value is -2.26. The van der Waals surface area contributed by atoms with Gasteiger partial charge in [0, 0.05) is 18.7 Å². The lowest BCUT2D eigenvalue weighted by atomic mass is 9.86. The van der Waals surface area contributed by atoms with Crippen LogP contribution in [0.1, 0.15) is 43.9 Å². The average molecular weight is 315 g/mol. The zero-order chi connectivity index (χ0) is 16.6. The minimum atomic E-state index is -0.907. The monoisotopic (exact) mass is 315 g/mol. The van der Waals surface area contributed by atoms with Crippen molar-refractivity contribution in [1.82, 2.24) is 10.2 Å². The number of carbonyl (C=O) groups excluding carboxylic acids is 1. The van der Waals surface area contributed by atoms with E-state index in [-0.39, 0.29) is 6.03 Å². The van der Waals surface area contributed by atoms with Gasteiger partial charge in [-0.05, 0) is 44.9 Å². The molecule has 23 heavy (non-hydrogen) atoms. The Bertz CT molecular complexity index is 660. The number of benzene rings is 1. The lowest BCUT2D eigenvalue weighted by molar-refractivity contribution is -0.0626. The topological polar surface area (TPSA) is 85.6 Å². The molecule has 1 aromatic carbocycles. The Labute approximate surface area is 135 Å². The van der Waals surface area contributed by atoms with E-state index in [1.165, 1.54) is 0 Å². The number of amides is 2. The van der Waals surface area contributed by atoms with Crippen LogP contribution in [0.5, 0.6) is 5.75 Å². The molecular weight excluding hydrogens is 294 g/mol. The molecule has 0 bridgehead atoms. The number of hydrogen-bond donors (Lipinski definition) is 2. The van der Waals surface area contributed by atoms with E-state index in [9.17, 15) is 9.90 Å². The Balaban J connectivity index is 1.93. The fourth-order valence-electron chi connectivity index (χ4n) is 3.17. The van der Waals surface area contributed by atoms with Crippen molar-refractivity contribution in [3.05, 3.63) is 29.3 Å². The fourth-order valence-corrected chi connectivity index (χ4v) is 3.17. The van der Waals surface area contributed by atoms with Crippen molar-refractivity contribution in [2.75, 3.05) is 13.1 Å². The highest BCUT2D eigenvalue weighted by molar-refractivity contribution is 5.75. The predicted molar refractivity (Wildman–Crippen MR) is 84.0 cm³/mol. The highest BCUT2D eigenvalue weighted by Gasteiger charge is 2.44. The predicted octanol–water partition coefficient (Wildman–Crippen LogP) is 1.94. The molecule has 1 fully saturated rings. The van der Waals surface area contributed by atoms with Crippen LogP contribution in [0.15, 0.2) is 18.2 Å². The molecule has 2 aliphatic heterocycles. The van der Waals surface area contributed by atoms with Gasteiger partial charge in [0.05, 0.1) is 17.7 Å². The van der Waals surface area contributed by atoms with E-state index in [1.807, 2.05) is 0 Å². The van der Waals surface area contributed by atoms with Gasteiger partial charge >= 0.3 is 6.03 Å². The van der Waals surface area contributed by atoms with Crippen molar-refractivity contribution in [2.45, 2.75) is 44.4 Å². The highest BCUT2D eigenvalue weighted by Crippen LogP contribution is 2.40. The SMILES string of the molecule is CC1(C)Oc2ccc(C#N)cc2C(NC(=O)N2CCCC2)C1O. The van der Waals surface area contributed by atoms with Crippen LogP contribution in [-0.4, -0.2) is 40.8 Å². The molecule has 2 N–H and O–H groups in total. The van der Waals surface area contributed by atoms with Gasteiger partial charge in [-0.2, -0.15) is 5.26 Å². The molecule has 0 saturated carbocycles. The normalized spacial score (nSPS) is 25.2. The largest absolute Gasteiger partial charge is 0.485 e. The van der Waals surface area contributed by atoms with Crippen LogP contribution in [-0.2, 0) is 0 Å². The Kier molecular flexibility index (Phi) is 3.90. The number of nitriles is 1. The summed E-state index contributed by atoms with van der Waals surface area (Å²) in [5.74, 6) is 0.589. The summed E-state index contributed by atoms with van der Waals surface area (Å²) in [6, 6.07) is 6.36. The molecule has 2 unspecified atom stereocenters. The summed E-state index contributed by atoms with van der Waals surface area (Å²) < 4.78 is 5.84. The molecule has 6 nitrogen and oxygen atoms in total. The summed E-state index contributed by atoms with van der Waals surface area (Å²) in [5, 5.41) is 22.7. The second kappa shape index (κ2) is 5.74. The summed E-state index contributed by atoms with van der Waals surface area (Å²) >= 11 is 0. The first-order chi connectivity index (χ1) is 10.9. The van der Waals surface area contributed by atoms with Crippen LogP contribution in [0.4, 0.5) is 4.79 Å². The summed E-state index contributed by atoms with van der Waals surface area (Å²) in [5.41, 5.74) is 0.285. The first-order valence-corrected chi connectivity index (χ1v) is 7.89. The quantitative estimate of drug-likeness (QED) is 0.829. The van der Waals surface area contributed by atoms with Gasteiger partial charge in [0.1, 0.15) is 17.5 Å². The van der Waals surface area contributed by atoms with Crippen molar-refractivity contribution in [1.29, 1.82) is 5.26 Å². The summed E-state index contributed by atoms with van der Waals surface area (Å²) in [7, 11) is 0. The Morgan fingerprint density at radius 2 is 2.13 bits per heavy atom. The van der Waals surface area contributed by atoms with Gasteiger partial charge in [0.2, 0.25) is 0 Å². The molecule has 2 amide bonds. The zero-order valence-electron chi connectivity index (χ0n) is 13.4. The van der Waals surface area contributed by atoms with Gasteiger partial charge in [-0.1, -0.05) is 0 Å². The van der Waals surface area contributed by atoms with Crippen LogP contribution < -0.4 is 10.1 Å². The molecule has 2 atom stereocenters. The molecule has 0 radical (unpaired) electrons. The van der Waals surface area contributed by atoms with Crippen LogP contribution in [0.3, 0.4) is 0 Å². The fraction of sp³-hybridized carbons (Fsp3) is 0.529. The molecule has 0 aromatic heterocycles. The number of nitrogens with one attached hydrogen (secondary N) is 1. The lowest BCUT2D eigenvalue weighted by Gasteiger charge is -2.42. The second-order valence-electron chi connectivity index (χ2n) is 6.64. The van der Waals surface area contributed by atoms with Crippen molar-refractivity contribution in [2.24, 2.45) is 0 Å². The lowest BCUT2D eigenvalue weighted by Crippen LogP contribution is -2.55. The molecule has 0 aliphatic carbocycles. The number of rotatable bonds is 1. The van der Waals surface area contributed by atoms with Gasteiger partial charge in [-0.15, -0.1) is 0 Å². The van der Waals surface area contributed by atoms with E-state index in [0.717, 1.165) is 25.9 Å². The third-order valence-electron chi connectivity index (χ3n) is 4.55. The minimum absolute atomic E-state index is 0.183. The molecule has 2 heterocycles. The standard InChI is InChI=1S/C17H21N3O3/c1-17(2)15(21)14(19-16(22)20-7-3-4-8-20)12-9-11(10-18)5-6-13(12)23-17/h5-6,9,14-15,21H,3-4,7-8H2,1-2H3,(H,19,22). The maximum absolute atomic E-state index is 12.4. The van der Waals surface area contributed by atoms with Crippen molar-refractivity contribution in [3.63, 3.8) is 0 Å². The van der Waals surface area contributed by atoms with E-state index < -0.39 is 17.7 Å². The Morgan fingerprint density at radius 3 is 2.78 bits per heavy atom. The zero-order valence-corrected chi connectivity index (χ0v) is 13.4. The molecule has 1 saturated heterocycles. The number of nitrogens with zero attached hydrogens (tertiary/aromatic N) is 2. The van der Waals surface area contributed by atoms with Crippen LogP contribution in [0, 0.1) is 11.3 Å². The van der Waals surface area contributed by atoms with Gasteiger partial charge in [-0.3, -0.25) is 0 Å². The molecule has 6 heteroatoms. The molecule has 3 rings (SSSR count). The maximum Gasteiger partial charge on any atom is 0.317 e. The third-order valence-corrected chi connectivity index (χ3v) is 4.55. The average Bonchev–Trinajstić information content (AvgIpc) is 3.05. The number of aliphatic hydroxyl groups excluding tert-OH is 1. The number of carbonyl (C=O) groups is 1. The van der Waals surface area contributed by atoms with E-state index in [2.05, 4.69) is 11.4 Å². The first-order valence-electron chi connectivity index (χ1n) is 7.89. The van der Waals surface area contributed by atoms with E-state index in [1.54, 1.807) is 36.9 Å². The van der Waals surface area contributed by atoms with E-state index >= 15 is 0 Å². The third kappa shape index (κ3) is 2.84. The van der Waals surface area contributed by atoms with Crippen molar-refractivity contribution >= 4 is 6.03 Å². The van der Waals surface area contributed by atoms with E-state index in [4.69, 9.17) is 10.00 Å². The van der Waals surface area contributed by atoms with Crippen LogP contribution >= 0.6 is 0 Å². The molecule has 1 aromatic rings. The molecule has 122 valence electrons. The van der Waals surface area contributed by atoms with Gasteiger partial charge in [-0.25, -0.2) is 4.79 Å². The van der Waals surface area contributed by atoms with Crippen molar-refractivity contribution < 1.29 is 14.6 Å². The summed E-state index contributed by atoms with van der Waals surface area (Å²) in [6.07, 6.45) is 1.10. The van der Waals surface area contributed by atoms with Gasteiger partial charge < -0.3 is 20.1 Å². The molecule has 0 spiro atoms. The summed E-state index contributed by atoms with van der Waals surface area (Å²) in [4.78, 5) is 14.2. The first kappa shape index (κ1) is 15.6. The second-order valence-corrected chi connectivity index (χ2v) is 6.64. The number of aliphatic hydroxyl groups is 1. The van der Waals surface area contributed by atoms with Gasteiger partial charge in [0.25, 0.3) is 0 Å². The minimum Gasteiger partial charge on any atom is -0.485 e.